The molecule has 1 atom stereocenters. The van der Waals surface area contributed by atoms with Crippen LogP contribution in [0.3, 0.4) is 0 Å². The average Bonchev–Trinajstić information content (AvgIpc) is 2.73. The fourth-order valence-corrected chi connectivity index (χ4v) is 4.08. The smallest absolute Gasteiger partial charge is 0.322 e. The summed E-state index contributed by atoms with van der Waals surface area (Å²) in [5.74, 6) is -1.03. The number of nitrogens with zero attached hydrogens (tertiary/aromatic N) is 1. The predicted octanol–water partition coefficient (Wildman–Crippen LogP) is 0.418. The van der Waals surface area contributed by atoms with Crippen LogP contribution >= 0.6 is 0 Å². The molecule has 1 saturated carbocycles. The van der Waals surface area contributed by atoms with Crippen LogP contribution in [0.15, 0.2) is 0 Å². The third-order valence-corrected chi connectivity index (χ3v) is 6.08. The van der Waals surface area contributed by atoms with Crippen LogP contribution in [0, 0.1) is 0 Å². The molecule has 0 radical (unpaired) electrons. The topological polar surface area (TPSA) is 74.7 Å². The Morgan fingerprint density at radius 2 is 2.07 bits per heavy atom. The standard InChI is InChI=1S/C9H15NO4S/c1-9(4-5-9)15(13,14)10-6-2-3-7(10)8(11)12/h7H,2-6H2,1H3,(H,11,12)/t7-/m1/s1. The molecule has 15 heavy (non-hydrogen) atoms. The Morgan fingerprint density at radius 3 is 2.53 bits per heavy atom. The maximum atomic E-state index is 12.1. The van der Waals surface area contributed by atoms with Crippen molar-refractivity contribution in [2.24, 2.45) is 0 Å². The number of carboxylic acid groups (broad SMARTS) is 1. The highest BCUT2D eigenvalue weighted by molar-refractivity contribution is 7.90. The number of hydrogen-bond acceptors (Lipinski definition) is 3. The molecule has 0 spiro atoms. The van der Waals surface area contributed by atoms with E-state index in [-0.39, 0.29) is 0 Å². The highest BCUT2D eigenvalue weighted by Crippen LogP contribution is 2.46. The molecule has 0 aromatic carbocycles. The summed E-state index contributed by atoms with van der Waals surface area (Å²) in [7, 11) is -3.41. The molecule has 2 rings (SSSR count). The van der Waals surface area contributed by atoms with Crippen LogP contribution < -0.4 is 0 Å². The van der Waals surface area contributed by atoms with Gasteiger partial charge in [0, 0.05) is 6.54 Å². The van der Waals surface area contributed by atoms with Crippen molar-refractivity contribution in [3.8, 4) is 0 Å². The maximum absolute atomic E-state index is 12.1. The number of rotatable bonds is 3. The van der Waals surface area contributed by atoms with Gasteiger partial charge >= 0.3 is 5.97 Å². The van der Waals surface area contributed by atoms with E-state index >= 15 is 0 Å². The van der Waals surface area contributed by atoms with Gasteiger partial charge in [-0.3, -0.25) is 4.79 Å². The van der Waals surface area contributed by atoms with E-state index in [1.807, 2.05) is 0 Å². The molecule has 1 aliphatic heterocycles. The summed E-state index contributed by atoms with van der Waals surface area (Å²) < 4.78 is 24.7. The van der Waals surface area contributed by atoms with E-state index in [0.29, 0.717) is 32.2 Å². The Balaban J connectivity index is 2.27. The highest BCUT2D eigenvalue weighted by Gasteiger charge is 2.55. The van der Waals surface area contributed by atoms with Crippen LogP contribution in [0.4, 0.5) is 0 Å². The zero-order valence-electron chi connectivity index (χ0n) is 8.64. The van der Waals surface area contributed by atoms with Crippen LogP contribution in [0.25, 0.3) is 0 Å². The zero-order chi connectivity index (χ0) is 11.3. The molecule has 0 bridgehead atoms. The molecular weight excluding hydrogens is 218 g/mol. The van der Waals surface area contributed by atoms with Gasteiger partial charge in [-0.25, -0.2) is 8.42 Å². The van der Waals surface area contributed by atoms with Crippen LogP contribution in [0.1, 0.15) is 32.6 Å². The Morgan fingerprint density at radius 1 is 1.47 bits per heavy atom. The summed E-state index contributed by atoms with van der Waals surface area (Å²) in [6, 6.07) is -0.840. The maximum Gasteiger partial charge on any atom is 0.322 e. The van der Waals surface area contributed by atoms with Gasteiger partial charge < -0.3 is 5.11 Å². The van der Waals surface area contributed by atoms with Crippen molar-refractivity contribution in [2.45, 2.75) is 43.4 Å². The molecule has 2 aliphatic rings. The molecule has 6 heteroatoms. The lowest BCUT2D eigenvalue weighted by Crippen LogP contribution is -2.45. The normalized spacial score (nSPS) is 30.3. The van der Waals surface area contributed by atoms with Crippen LogP contribution in [0.2, 0.25) is 0 Å². The first kappa shape index (κ1) is 10.9. The number of sulfonamides is 1. The number of carboxylic acids is 1. The van der Waals surface area contributed by atoms with Gasteiger partial charge in [-0.1, -0.05) is 0 Å². The van der Waals surface area contributed by atoms with Crippen molar-refractivity contribution >= 4 is 16.0 Å². The van der Waals surface area contributed by atoms with E-state index < -0.39 is 26.8 Å². The Labute approximate surface area is 89.1 Å². The van der Waals surface area contributed by atoms with Gasteiger partial charge in [0.2, 0.25) is 10.0 Å². The largest absolute Gasteiger partial charge is 0.480 e. The Bertz CT molecular complexity index is 385. The second kappa shape index (κ2) is 3.18. The van der Waals surface area contributed by atoms with E-state index in [1.165, 1.54) is 4.31 Å². The summed E-state index contributed by atoms with van der Waals surface area (Å²) in [5, 5.41) is 8.93. The third-order valence-electron chi connectivity index (χ3n) is 3.37. The number of hydrogen-bond donors (Lipinski definition) is 1. The highest BCUT2D eigenvalue weighted by atomic mass is 32.2. The van der Waals surface area contributed by atoms with Crippen LogP contribution in [-0.2, 0) is 14.8 Å². The van der Waals surface area contributed by atoms with Crippen LogP contribution in [0.5, 0.6) is 0 Å². The number of aliphatic carboxylic acids is 1. The summed E-state index contributed by atoms with van der Waals surface area (Å²) >= 11 is 0. The Kier molecular flexibility index (Phi) is 2.31. The average molecular weight is 233 g/mol. The zero-order valence-corrected chi connectivity index (χ0v) is 9.46. The van der Waals surface area contributed by atoms with E-state index in [1.54, 1.807) is 6.92 Å². The molecular formula is C9H15NO4S. The van der Waals surface area contributed by atoms with Crippen molar-refractivity contribution in [1.82, 2.24) is 4.31 Å². The van der Waals surface area contributed by atoms with Crippen molar-refractivity contribution in [2.75, 3.05) is 6.54 Å². The SMILES string of the molecule is CC1(S(=O)(=O)N2CCC[C@@H]2C(=O)O)CC1. The first-order valence-corrected chi connectivity index (χ1v) is 6.57. The van der Waals surface area contributed by atoms with Gasteiger partial charge in [-0.15, -0.1) is 0 Å². The van der Waals surface area contributed by atoms with E-state index in [4.69, 9.17) is 5.11 Å². The van der Waals surface area contributed by atoms with Crippen molar-refractivity contribution in [3.05, 3.63) is 0 Å². The van der Waals surface area contributed by atoms with Gasteiger partial charge in [0.05, 0.1) is 4.75 Å². The van der Waals surface area contributed by atoms with Crippen molar-refractivity contribution < 1.29 is 18.3 Å². The summed E-state index contributed by atoms with van der Waals surface area (Å²) in [6.07, 6.45) is 2.38. The van der Waals surface area contributed by atoms with E-state index in [0.717, 1.165) is 0 Å². The van der Waals surface area contributed by atoms with E-state index in [2.05, 4.69) is 0 Å². The van der Waals surface area contributed by atoms with Crippen molar-refractivity contribution in [1.29, 1.82) is 0 Å². The molecule has 1 aliphatic carbocycles. The van der Waals surface area contributed by atoms with Crippen LogP contribution in [-0.4, -0.2) is 41.1 Å². The lowest BCUT2D eigenvalue weighted by Gasteiger charge is -2.24. The summed E-state index contributed by atoms with van der Waals surface area (Å²) in [6.45, 7) is 2.05. The van der Waals surface area contributed by atoms with Gasteiger partial charge in [-0.05, 0) is 32.6 Å². The van der Waals surface area contributed by atoms with E-state index in [9.17, 15) is 13.2 Å². The molecule has 0 aromatic heterocycles. The number of carbonyl (C=O) groups is 1. The lowest BCUT2D eigenvalue weighted by atomic mass is 10.2. The van der Waals surface area contributed by atoms with Gasteiger partial charge in [0.1, 0.15) is 6.04 Å². The second-order valence-corrected chi connectivity index (χ2v) is 6.97. The predicted molar refractivity (Wildman–Crippen MR) is 53.9 cm³/mol. The molecule has 0 aromatic rings. The first-order valence-electron chi connectivity index (χ1n) is 5.13. The molecule has 0 unspecified atom stereocenters. The molecule has 5 nitrogen and oxygen atoms in total. The minimum Gasteiger partial charge on any atom is -0.480 e. The Hall–Kier alpha value is -0.620. The second-order valence-electron chi connectivity index (χ2n) is 4.56. The molecule has 0 amide bonds. The first-order chi connectivity index (χ1) is 6.88. The summed E-state index contributed by atoms with van der Waals surface area (Å²) in [4.78, 5) is 10.9. The molecule has 1 saturated heterocycles. The molecule has 1 N–H and O–H groups in total. The molecule has 1 heterocycles. The summed E-state index contributed by atoms with van der Waals surface area (Å²) in [5.41, 5.74) is 0. The fraction of sp³-hybridized carbons (Fsp3) is 0.889. The van der Waals surface area contributed by atoms with Gasteiger partial charge in [-0.2, -0.15) is 4.31 Å². The lowest BCUT2D eigenvalue weighted by molar-refractivity contribution is -0.140. The quantitative estimate of drug-likeness (QED) is 0.766. The molecule has 2 fully saturated rings. The van der Waals surface area contributed by atoms with Crippen molar-refractivity contribution in [3.63, 3.8) is 0 Å². The fourth-order valence-electron chi connectivity index (χ4n) is 1.99. The van der Waals surface area contributed by atoms with Gasteiger partial charge in [0.15, 0.2) is 0 Å². The monoisotopic (exact) mass is 233 g/mol. The van der Waals surface area contributed by atoms with Gasteiger partial charge in [0.25, 0.3) is 0 Å². The third kappa shape index (κ3) is 1.56. The minimum absolute atomic E-state index is 0.356. The minimum atomic E-state index is -3.41. The molecule has 86 valence electrons.